The second-order valence-electron chi connectivity index (χ2n) is 4.60. The molecule has 0 unspecified atom stereocenters. The van der Waals surface area contributed by atoms with E-state index in [1.807, 2.05) is 17.7 Å². The summed E-state index contributed by atoms with van der Waals surface area (Å²) in [5, 5.41) is 5.41. The Labute approximate surface area is 141 Å². The van der Waals surface area contributed by atoms with Crippen LogP contribution in [0.4, 0.5) is 0 Å². The van der Waals surface area contributed by atoms with Gasteiger partial charge in [0, 0.05) is 17.8 Å². The van der Waals surface area contributed by atoms with Crippen LogP contribution in [-0.2, 0) is 12.3 Å². The van der Waals surface area contributed by atoms with Crippen LogP contribution in [0.15, 0.2) is 40.4 Å². The maximum Gasteiger partial charge on any atom is 0.287 e. The second-order valence-corrected chi connectivity index (χ2v) is 6.32. The molecule has 23 heavy (non-hydrogen) atoms. The third-order valence-electron chi connectivity index (χ3n) is 2.91. The Kier molecular flexibility index (Phi) is 5.04. The SMILES string of the molecule is CSCc1ccc(C(=O)NCc2csc(-c3ncccn3)n2)o1. The van der Waals surface area contributed by atoms with E-state index in [1.165, 1.54) is 11.3 Å². The largest absolute Gasteiger partial charge is 0.455 e. The maximum atomic E-state index is 12.1. The molecular weight excluding hydrogens is 332 g/mol. The van der Waals surface area contributed by atoms with Crippen molar-refractivity contribution >= 4 is 29.0 Å². The molecule has 118 valence electrons. The molecule has 0 atom stereocenters. The molecule has 0 aliphatic carbocycles. The number of nitrogens with one attached hydrogen (secondary N) is 1. The molecule has 0 saturated carbocycles. The summed E-state index contributed by atoms with van der Waals surface area (Å²) < 4.78 is 5.48. The predicted octanol–water partition coefficient (Wildman–Crippen LogP) is 2.99. The van der Waals surface area contributed by atoms with Crippen molar-refractivity contribution in [1.82, 2.24) is 20.3 Å². The summed E-state index contributed by atoms with van der Waals surface area (Å²) in [6.45, 7) is 0.334. The summed E-state index contributed by atoms with van der Waals surface area (Å²) in [5.41, 5.74) is 0.765. The first kappa shape index (κ1) is 15.7. The number of nitrogens with zero attached hydrogens (tertiary/aromatic N) is 3. The number of aromatic nitrogens is 3. The zero-order valence-electron chi connectivity index (χ0n) is 12.4. The molecule has 0 aliphatic heterocycles. The first-order chi connectivity index (χ1) is 11.3. The summed E-state index contributed by atoms with van der Waals surface area (Å²) in [5.74, 6) is 2.20. The topological polar surface area (TPSA) is 80.9 Å². The summed E-state index contributed by atoms with van der Waals surface area (Å²) in [6, 6.07) is 5.26. The number of rotatable bonds is 6. The van der Waals surface area contributed by atoms with Crippen LogP contribution in [0.1, 0.15) is 22.0 Å². The van der Waals surface area contributed by atoms with E-state index in [2.05, 4.69) is 20.3 Å². The maximum absolute atomic E-state index is 12.1. The number of carbonyl (C=O) groups is 1. The Bertz CT molecular complexity index is 786. The molecule has 8 heteroatoms. The lowest BCUT2D eigenvalue weighted by Crippen LogP contribution is -2.22. The molecular formula is C15H14N4O2S2. The Morgan fingerprint density at radius 1 is 1.35 bits per heavy atom. The molecule has 3 heterocycles. The standard InChI is InChI=1S/C15H14N4O2S2/c1-22-9-11-3-4-12(21-11)14(20)18-7-10-8-23-15(19-10)13-16-5-2-6-17-13/h2-6,8H,7,9H2,1H3,(H,18,20). The monoisotopic (exact) mass is 346 g/mol. The molecule has 0 aliphatic rings. The number of hydrogen-bond donors (Lipinski definition) is 1. The highest BCUT2D eigenvalue weighted by atomic mass is 32.2. The number of hydrogen-bond acceptors (Lipinski definition) is 7. The molecule has 3 rings (SSSR count). The summed E-state index contributed by atoms with van der Waals surface area (Å²) in [7, 11) is 0. The van der Waals surface area contributed by atoms with E-state index in [9.17, 15) is 4.79 Å². The van der Waals surface area contributed by atoms with E-state index >= 15 is 0 Å². The summed E-state index contributed by atoms with van der Waals surface area (Å²) in [6.07, 6.45) is 5.33. The highest BCUT2D eigenvalue weighted by Gasteiger charge is 2.12. The van der Waals surface area contributed by atoms with Crippen molar-refractivity contribution in [3.05, 3.63) is 53.2 Å². The quantitative estimate of drug-likeness (QED) is 0.739. The normalized spacial score (nSPS) is 10.7. The summed E-state index contributed by atoms with van der Waals surface area (Å²) in [4.78, 5) is 24.8. The molecule has 0 bridgehead atoms. The average molecular weight is 346 g/mol. The number of amides is 1. The van der Waals surface area contributed by atoms with E-state index in [0.717, 1.165) is 22.2 Å². The molecule has 0 spiro atoms. The molecule has 0 aromatic carbocycles. The van der Waals surface area contributed by atoms with Crippen molar-refractivity contribution in [1.29, 1.82) is 0 Å². The molecule has 6 nitrogen and oxygen atoms in total. The van der Waals surface area contributed by atoms with Gasteiger partial charge in [-0.15, -0.1) is 11.3 Å². The predicted molar refractivity (Wildman–Crippen MR) is 90.2 cm³/mol. The van der Waals surface area contributed by atoms with Crippen molar-refractivity contribution in [2.75, 3.05) is 6.26 Å². The number of thiazole rings is 1. The average Bonchev–Trinajstić information content (AvgIpc) is 3.23. The van der Waals surface area contributed by atoms with E-state index in [1.54, 1.807) is 36.3 Å². The fourth-order valence-electron chi connectivity index (χ4n) is 1.88. The Hall–Kier alpha value is -2.19. The minimum absolute atomic E-state index is 0.247. The highest BCUT2D eigenvalue weighted by Crippen LogP contribution is 2.19. The van der Waals surface area contributed by atoms with Gasteiger partial charge in [0.25, 0.3) is 5.91 Å². The van der Waals surface area contributed by atoms with E-state index < -0.39 is 0 Å². The second kappa shape index (κ2) is 7.38. The van der Waals surface area contributed by atoms with Crippen molar-refractivity contribution in [3.8, 4) is 10.8 Å². The lowest BCUT2D eigenvalue weighted by molar-refractivity contribution is 0.0921. The first-order valence-corrected chi connectivity index (χ1v) is 9.11. The fraction of sp³-hybridized carbons (Fsp3) is 0.200. The van der Waals surface area contributed by atoms with Crippen LogP contribution in [0, 0.1) is 0 Å². The van der Waals surface area contributed by atoms with Gasteiger partial charge in [-0.3, -0.25) is 4.79 Å². The van der Waals surface area contributed by atoms with Gasteiger partial charge in [0.05, 0.1) is 18.0 Å². The van der Waals surface area contributed by atoms with Crippen molar-refractivity contribution < 1.29 is 9.21 Å². The van der Waals surface area contributed by atoms with E-state index in [4.69, 9.17) is 4.42 Å². The van der Waals surface area contributed by atoms with Crippen LogP contribution in [0.25, 0.3) is 10.8 Å². The van der Waals surface area contributed by atoms with Gasteiger partial charge in [-0.2, -0.15) is 11.8 Å². The molecule has 1 N–H and O–H groups in total. The Morgan fingerprint density at radius 2 is 2.17 bits per heavy atom. The van der Waals surface area contributed by atoms with Gasteiger partial charge in [0.1, 0.15) is 5.76 Å². The first-order valence-electron chi connectivity index (χ1n) is 6.84. The molecule has 0 radical (unpaired) electrons. The molecule has 3 aromatic rings. The van der Waals surface area contributed by atoms with E-state index in [0.29, 0.717) is 18.1 Å². The van der Waals surface area contributed by atoms with Gasteiger partial charge in [-0.1, -0.05) is 0 Å². The third kappa shape index (κ3) is 3.96. The van der Waals surface area contributed by atoms with E-state index in [-0.39, 0.29) is 5.91 Å². The van der Waals surface area contributed by atoms with Gasteiger partial charge >= 0.3 is 0 Å². The Balaban J connectivity index is 1.60. The van der Waals surface area contributed by atoms with Gasteiger partial charge in [0.2, 0.25) is 0 Å². The minimum atomic E-state index is -0.247. The van der Waals surface area contributed by atoms with Gasteiger partial charge in [0.15, 0.2) is 16.6 Å². The van der Waals surface area contributed by atoms with Gasteiger partial charge in [-0.05, 0) is 24.5 Å². The summed E-state index contributed by atoms with van der Waals surface area (Å²) >= 11 is 3.09. The molecule has 0 fully saturated rings. The Morgan fingerprint density at radius 3 is 2.96 bits per heavy atom. The number of carbonyl (C=O) groups excluding carboxylic acids is 1. The van der Waals surface area contributed by atoms with Crippen LogP contribution in [-0.4, -0.2) is 27.1 Å². The zero-order chi connectivity index (χ0) is 16.1. The van der Waals surface area contributed by atoms with Crippen LogP contribution < -0.4 is 5.32 Å². The smallest absolute Gasteiger partial charge is 0.287 e. The van der Waals surface area contributed by atoms with Crippen molar-refractivity contribution in [2.24, 2.45) is 0 Å². The van der Waals surface area contributed by atoms with Crippen LogP contribution in [0.5, 0.6) is 0 Å². The van der Waals surface area contributed by atoms with Crippen LogP contribution in [0.2, 0.25) is 0 Å². The van der Waals surface area contributed by atoms with Crippen molar-refractivity contribution in [2.45, 2.75) is 12.3 Å². The fourth-order valence-corrected chi connectivity index (χ4v) is 3.08. The van der Waals surface area contributed by atoms with Gasteiger partial charge in [-0.25, -0.2) is 15.0 Å². The molecule has 0 saturated heterocycles. The highest BCUT2D eigenvalue weighted by molar-refractivity contribution is 7.97. The molecule has 3 aromatic heterocycles. The van der Waals surface area contributed by atoms with Crippen molar-refractivity contribution in [3.63, 3.8) is 0 Å². The van der Waals surface area contributed by atoms with Crippen LogP contribution >= 0.6 is 23.1 Å². The van der Waals surface area contributed by atoms with Crippen LogP contribution in [0.3, 0.4) is 0 Å². The lowest BCUT2D eigenvalue weighted by atomic mass is 10.4. The number of furan rings is 1. The molecule has 1 amide bonds. The zero-order valence-corrected chi connectivity index (χ0v) is 14.0. The number of thioether (sulfide) groups is 1. The van der Waals surface area contributed by atoms with Gasteiger partial charge < -0.3 is 9.73 Å². The lowest BCUT2D eigenvalue weighted by Gasteiger charge is -2.00. The minimum Gasteiger partial charge on any atom is -0.455 e. The third-order valence-corrected chi connectivity index (χ3v) is 4.37.